The molecule has 78 heavy (non-hydrogen) atoms. The van der Waals surface area contributed by atoms with Gasteiger partial charge in [-0.2, -0.15) is 5.26 Å². The van der Waals surface area contributed by atoms with Crippen molar-refractivity contribution in [1.29, 1.82) is 5.26 Å². The first-order valence-electron chi connectivity index (χ1n) is 25.9. The predicted molar refractivity (Wildman–Crippen MR) is 321 cm³/mol. The second kappa shape index (κ2) is 20.5. The van der Waals surface area contributed by atoms with Crippen molar-refractivity contribution >= 4 is 58.3 Å². The monoisotopic (exact) mass is 1060 g/mol. The third-order valence-electron chi connectivity index (χ3n) is 14.9. The molecule has 7 heteroatoms. The number of nitriles is 1. The van der Waals surface area contributed by atoms with E-state index in [4.69, 9.17) is 21.5 Å². The summed E-state index contributed by atoms with van der Waals surface area (Å²) in [6.07, 6.45) is 0. The molecular formula is C71H46GeN6. The fourth-order valence-electron chi connectivity index (χ4n) is 11.1. The number of rotatable bonds is 11. The van der Waals surface area contributed by atoms with Crippen molar-refractivity contribution in [2.24, 2.45) is 0 Å². The molecule has 0 fully saturated rings. The van der Waals surface area contributed by atoms with Gasteiger partial charge >= 0.3 is 364 Å². The van der Waals surface area contributed by atoms with Crippen LogP contribution in [0.4, 0.5) is 5.69 Å². The van der Waals surface area contributed by atoms with E-state index in [0.717, 1.165) is 77.6 Å². The van der Waals surface area contributed by atoms with Gasteiger partial charge in [-0.05, 0) is 12.1 Å². The Bertz CT molecular complexity index is 4150. The Balaban J connectivity index is 1.10. The Morgan fingerprint density at radius 3 is 1.24 bits per heavy atom. The molecule has 0 saturated heterocycles. The summed E-state index contributed by atoms with van der Waals surface area (Å²) in [5.74, 6) is 1.67. The molecule has 0 aliphatic rings. The Hall–Kier alpha value is -10.2. The van der Waals surface area contributed by atoms with E-state index in [2.05, 4.69) is 185 Å². The number of nitrogens with zero attached hydrogens (tertiary/aromatic N) is 6. The topological polar surface area (TPSA) is 71.8 Å². The maximum atomic E-state index is 9.70. The molecule has 0 aliphatic heterocycles. The second-order valence-corrected chi connectivity index (χ2v) is 27.3. The molecule has 0 bridgehead atoms. The Labute approximate surface area is 455 Å². The second-order valence-electron chi connectivity index (χ2n) is 19.3. The summed E-state index contributed by atoms with van der Waals surface area (Å²) >= 11 is -3.67. The quantitative estimate of drug-likeness (QED) is 0.0956. The maximum Gasteiger partial charge on any atom is -0.0560 e. The van der Waals surface area contributed by atoms with Crippen molar-refractivity contribution in [3.8, 4) is 79.3 Å². The van der Waals surface area contributed by atoms with Gasteiger partial charge < -0.3 is 0 Å². The third-order valence-corrected chi connectivity index (χ3v) is 24.9. The fourth-order valence-corrected chi connectivity index (χ4v) is 21.2. The molecule has 13 rings (SSSR count). The number of hydrogen-bond acceptors (Lipinski definition) is 4. The van der Waals surface area contributed by atoms with E-state index in [0.29, 0.717) is 28.7 Å². The molecule has 0 unspecified atom stereocenters. The molecule has 0 radical (unpaired) electrons. The van der Waals surface area contributed by atoms with Crippen molar-refractivity contribution in [2.45, 2.75) is 0 Å². The fraction of sp³-hybridized carbons (Fsp3) is 0. The molecule has 11 aromatic carbocycles. The van der Waals surface area contributed by atoms with Gasteiger partial charge in [0.2, 0.25) is 0 Å². The number of hydrogen-bond donors (Lipinski definition) is 0. The van der Waals surface area contributed by atoms with Gasteiger partial charge in [0, 0.05) is 0 Å². The minimum atomic E-state index is -3.67. The predicted octanol–water partition coefficient (Wildman–Crippen LogP) is 14.8. The van der Waals surface area contributed by atoms with Crippen molar-refractivity contribution in [3.63, 3.8) is 0 Å². The molecule has 0 saturated carbocycles. The Morgan fingerprint density at radius 1 is 0.359 bits per heavy atom. The zero-order chi connectivity index (χ0) is 52.4. The molecule has 0 atom stereocenters. The number of benzene rings is 11. The first kappa shape index (κ1) is 47.5. The summed E-state index contributed by atoms with van der Waals surface area (Å²) in [7, 11) is 0. The van der Waals surface area contributed by atoms with Crippen LogP contribution in [0.2, 0.25) is 0 Å². The van der Waals surface area contributed by atoms with Crippen LogP contribution in [0.25, 0.3) is 99.9 Å². The smallest absolute Gasteiger partial charge is 0.0560 e. The summed E-state index contributed by atoms with van der Waals surface area (Å²) < 4.78 is 7.73. The van der Waals surface area contributed by atoms with E-state index in [9.17, 15) is 5.26 Å². The van der Waals surface area contributed by atoms with Crippen LogP contribution in [0, 0.1) is 17.9 Å². The minimum absolute atomic E-state index is 0.532. The number of fused-ring (bicyclic) bond motifs is 3. The standard InChI is InChI=1S/C71H46GeN6/c1-74-62-39-34-51(35-40-62)57-37-42-64-63-41-36-56(50-32-30-49(48-73)31-33-50)46-67(63)78(68(64)47-57)66-43-38-55(45-65(66)71-76-69(52-18-7-2-8-19-52)75-70(77-71)53-20-9-3-10-21-53)54-22-17-29-61(44-54)72(58-23-11-4-12-24-58,59-25-13-5-14-26-59)60-27-15-6-16-28-60/h2-47H. The van der Waals surface area contributed by atoms with E-state index >= 15 is 0 Å². The molecule has 6 nitrogen and oxygen atoms in total. The molecule has 364 valence electrons. The summed E-state index contributed by atoms with van der Waals surface area (Å²) in [5.41, 5.74) is 12.8. The van der Waals surface area contributed by atoms with Crippen LogP contribution in [-0.4, -0.2) is 32.8 Å². The average molecular weight is 1060 g/mol. The van der Waals surface area contributed by atoms with E-state index in [1.807, 2.05) is 109 Å². The summed E-state index contributed by atoms with van der Waals surface area (Å²) in [5, 5.41) is 11.9. The van der Waals surface area contributed by atoms with Gasteiger partial charge in [-0.1, -0.05) is 48.5 Å². The van der Waals surface area contributed by atoms with Crippen LogP contribution in [0.15, 0.2) is 279 Å². The minimum Gasteiger partial charge on any atom is -0.0649 e. The van der Waals surface area contributed by atoms with Crippen molar-refractivity contribution in [2.75, 3.05) is 0 Å². The van der Waals surface area contributed by atoms with Crippen molar-refractivity contribution < 1.29 is 0 Å². The van der Waals surface area contributed by atoms with Crippen LogP contribution < -0.4 is 17.6 Å². The molecule has 2 heterocycles. The Morgan fingerprint density at radius 2 is 0.756 bits per heavy atom. The van der Waals surface area contributed by atoms with Gasteiger partial charge in [-0.15, -0.1) is 0 Å². The van der Waals surface area contributed by atoms with Crippen LogP contribution >= 0.6 is 0 Å². The largest absolute Gasteiger partial charge is 0.0649 e. The van der Waals surface area contributed by atoms with Crippen LogP contribution in [0.5, 0.6) is 0 Å². The van der Waals surface area contributed by atoms with Gasteiger partial charge in [0.05, 0.1) is 18.2 Å². The molecule has 0 N–H and O–H groups in total. The first-order valence-corrected chi connectivity index (χ1v) is 30.1. The molecule has 13 aromatic rings. The molecule has 0 aliphatic carbocycles. The molecule has 2 aromatic heterocycles. The average Bonchev–Trinajstić information content (AvgIpc) is 3.92. The van der Waals surface area contributed by atoms with Gasteiger partial charge in [-0.25, -0.2) is 4.85 Å². The molecule has 0 amide bonds. The first-order chi connectivity index (χ1) is 38.5. The third kappa shape index (κ3) is 8.63. The SMILES string of the molecule is [C-]#[N+]c1ccc(-c2ccc3c4ccc(-c5ccc(C#N)cc5)cc4n(-c4ccc(-c5ccc[c]([Ge]([c]6ccccc6)([c]6ccccc6)[c]6ccccc6)c5)cc4-c4nc(-c5ccccc5)nc(-c5ccccc5)n4)c3c2)cc1. The van der Waals surface area contributed by atoms with Crippen LogP contribution in [0.3, 0.4) is 0 Å². The maximum absolute atomic E-state index is 9.70. The summed E-state index contributed by atoms with van der Waals surface area (Å²) in [6, 6.07) is 101. The van der Waals surface area contributed by atoms with Crippen LogP contribution in [0.1, 0.15) is 5.56 Å². The van der Waals surface area contributed by atoms with Gasteiger partial charge in [0.15, 0.2) is 5.69 Å². The van der Waals surface area contributed by atoms with Crippen molar-refractivity contribution in [1.82, 2.24) is 19.5 Å². The van der Waals surface area contributed by atoms with Gasteiger partial charge in [-0.3, -0.25) is 0 Å². The number of aromatic nitrogens is 4. The zero-order valence-electron chi connectivity index (χ0n) is 42.2. The van der Waals surface area contributed by atoms with E-state index in [-0.39, 0.29) is 0 Å². The van der Waals surface area contributed by atoms with E-state index < -0.39 is 13.3 Å². The zero-order valence-corrected chi connectivity index (χ0v) is 44.3. The normalized spacial score (nSPS) is 11.3. The van der Waals surface area contributed by atoms with Crippen LogP contribution in [-0.2, 0) is 0 Å². The Kier molecular flexibility index (Phi) is 12.5. The van der Waals surface area contributed by atoms with E-state index in [1.165, 1.54) is 17.6 Å². The van der Waals surface area contributed by atoms with E-state index in [1.54, 1.807) is 0 Å². The van der Waals surface area contributed by atoms with Crippen molar-refractivity contribution in [3.05, 3.63) is 296 Å². The van der Waals surface area contributed by atoms with Gasteiger partial charge in [0.25, 0.3) is 0 Å². The summed E-state index contributed by atoms with van der Waals surface area (Å²) in [6.45, 7) is 7.64. The molecule has 0 spiro atoms. The molecular weight excluding hydrogens is 1010 g/mol. The summed E-state index contributed by atoms with van der Waals surface area (Å²) in [4.78, 5) is 19.7. The van der Waals surface area contributed by atoms with Gasteiger partial charge in [0.1, 0.15) is 0 Å².